The van der Waals surface area contributed by atoms with E-state index in [1.165, 1.54) is 5.01 Å². The minimum absolute atomic E-state index is 0.0346. The molecule has 0 aliphatic carbocycles. The molecule has 0 bridgehead atoms. The molecule has 0 aromatic heterocycles. The molecule has 2 aromatic carbocycles. The maximum atomic E-state index is 12.9. The maximum Gasteiger partial charge on any atom is 0.244 e. The highest BCUT2D eigenvalue weighted by atomic mass is 16.5. The Morgan fingerprint density at radius 2 is 1.66 bits per heavy atom. The summed E-state index contributed by atoms with van der Waals surface area (Å²) in [5, 5.41) is 5.81. The summed E-state index contributed by atoms with van der Waals surface area (Å²) < 4.78 is 10.7. The van der Waals surface area contributed by atoms with Crippen molar-refractivity contribution in [1.29, 1.82) is 0 Å². The van der Waals surface area contributed by atoms with E-state index < -0.39 is 0 Å². The quantitative estimate of drug-likeness (QED) is 0.695. The van der Waals surface area contributed by atoms with Gasteiger partial charge in [-0.15, -0.1) is 0 Å². The molecule has 1 fully saturated rings. The van der Waals surface area contributed by atoms with Gasteiger partial charge in [0.1, 0.15) is 18.0 Å². The van der Waals surface area contributed by atoms with Gasteiger partial charge >= 0.3 is 0 Å². The van der Waals surface area contributed by atoms with Crippen LogP contribution in [0, 0.1) is 0 Å². The Kier molecular flexibility index (Phi) is 6.58. The first-order chi connectivity index (χ1) is 15.6. The fourth-order valence-corrected chi connectivity index (χ4v) is 4.03. The van der Waals surface area contributed by atoms with Crippen molar-refractivity contribution in [2.75, 3.05) is 51.8 Å². The SMILES string of the molecule is COc1ccc(C2=NN(CC(=O)N3CCN(c4ccccc4OC)CC3)C(=O)CC2)cc1. The van der Waals surface area contributed by atoms with E-state index in [1.54, 1.807) is 19.1 Å². The predicted molar refractivity (Wildman–Crippen MR) is 122 cm³/mol. The van der Waals surface area contributed by atoms with E-state index in [0.717, 1.165) is 28.5 Å². The number of hydrogen-bond donors (Lipinski definition) is 0. The van der Waals surface area contributed by atoms with Crippen LogP contribution < -0.4 is 14.4 Å². The summed E-state index contributed by atoms with van der Waals surface area (Å²) in [6, 6.07) is 15.5. The summed E-state index contributed by atoms with van der Waals surface area (Å²) in [5.74, 6) is 1.38. The molecule has 32 heavy (non-hydrogen) atoms. The van der Waals surface area contributed by atoms with Crippen LogP contribution in [0.2, 0.25) is 0 Å². The number of hydrazone groups is 1. The minimum Gasteiger partial charge on any atom is -0.497 e. The number of amides is 2. The Labute approximate surface area is 188 Å². The van der Waals surface area contributed by atoms with Crippen molar-refractivity contribution in [2.45, 2.75) is 12.8 Å². The van der Waals surface area contributed by atoms with Gasteiger partial charge in [0, 0.05) is 39.0 Å². The number of anilines is 1. The van der Waals surface area contributed by atoms with E-state index in [-0.39, 0.29) is 18.4 Å². The second kappa shape index (κ2) is 9.72. The third-order valence-corrected chi connectivity index (χ3v) is 5.87. The lowest BCUT2D eigenvalue weighted by molar-refractivity contribution is -0.141. The number of carbonyl (C=O) groups excluding carboxylic acids is 2. The molecule has 2 aliphatic rings. The number of methoxy groups -OCH3 is 2. The number of ether oxygens (including phenoxy) is 2. The number of benzene rings is 2. The summed E-state index contributed by atoms with van der Waals surface area (Å²) >= 11 is 0. The molecule has 0 N–H and O–H groups in total. The summed E-state index contributed by atoms with van der Waals surface area (Å²) in [5.41, 5.74) is 2.77. The summed E-state index contributed by atoms with van der Waals surface area (Å²) in [6.07, 6.45) is 0.910. The van der Waals surface area contributed by atoms with Crippen LogP contribution >= 0.6 is 0 Å². The van der Waals surface area contributed by atoms with Crippen molar-refractivity contribution in [3.8, 4) is 11.5 Å². The topological polar surface area (TPSA) is 74.7 Å². The van der Waals surface area contributed by atoms with Crippen molar-refractivity contribution in [2.24, 2.45) is 5.10 Å². The average molecular weight is 437 g/mol. The number of nitrogens with zero attached hydrogens (tertiary/aromatic N) is 4. The highest BCUT2D eigenvalue weighted by Crippen LogP contribution is 2.28. The van der Waals surface area contributed by atoms with Gasteiger partial charge in [-0.25, -0.2) is 5.01 Å². The van der Waals surface area contributed by atoms with E-state index in [1.807, 2.05) is 48.5 Å². The standard InChI is InChI=1S/C24H28N4O4/c1-31-19-9-7-18(8-10-19)20-11-12-23(29)28(25-20)17-24(30)27-15-13-26(14-16-27)21-5-3-4-6-22(21)32-2/h3-10H,11-17H2,1-2H3. The fourth-order valence-electron chi connectivity index (χ4n) is 4.03. The number of para-hydroxylation sites is 2. The van der Waals surface area contributed by atoms with Gasteiger partial charge in [-0.05, 0) is 42.0 Å². The first-order valence-corrected chi connectivity index (χ1v) is 10.8. The lowest BCUT2D eigenvalue weighted by atomic mass is 10.0. The maximum absolute atomic E-state index is 12.9. The Morgan fingerprint density at radius 3 is 2.34 bits per heavy atom. The lowest BCUT2D eigenvalue weighted by Gasteiger charge is -2.37. The second-order valence-corrected chi connectivity index (χ2v) is 7.77. The molecular weight excluding hydrogens is 408 g/mol. The molecule has 4 rings (SSSR count). The Hall–Kier alpha value is -3.55. The zero-order valence-corrected chi connectivity index (χ0v) is 18.5. The summed E-state index contributed by atoms with van der Waals surface area (Å²) in [6.45, 7) is 2.57. The molecule has 0 radical (unpaired) electrons. The Bertz CT molecular complexity index is 997. The largest absolute Gasteiger partial charge is 0.497 e. The van der Waals surface area contributed by atoms with Crippen LogP contribution in [0.3, 0.4) is 0 Å². The van der Waals surface area contributed by atoms with Crippen LogP contribution in [0.1, 0.15) is 18.4 Å². The van der Waals surface area contributed by atoms with Crippen molar-refractivity contribution in [3.05, 3.63) is 54.1 Å². The van der Waals surface area contributed by atoms with E-state index in [4.69, 9.17) is 9.47 Å². The van der Waals surface area contributed by atoms with Gasteiger partial charge in [0.2, 0.25) is 11.8 Å². The number of piperazine rings is 1. The lowest BCUT2D eigenvalue weighted by Crippen LogP contribution is -2.51. The molecule has 2 aliphatic heterocycles. The van der Waals surface area contributed by atoms with Gasteiger partial charge in [0.15, 0.2) is 0 Å². The first kappa shape index (κ1) is 21.7. The molecule has 168 valence electrons. The molecular formula is C24H28N4O4. The van der Waals surface area contributed by atoms with Crippen LogP contribution in [0.25, 0.3) is 0 Å². The number of carbonyl (C=O) groups is 2. The minimum atomic E-state index is -0.122. The van der Waals surface area contributed by atoms with E-state index >= 15 is 0 Å². The normalized spacial score (nSPS) is 16.6. The van der Waals surface area contributed by atoms with Crippen LogP contribution in [0.4, 0.5) is 5.69 Å². The molecule has 0 spiro atoms. The number of hydrogen-bond acceptors (Lipinski definition) is 6. The van der Waals surface area contributed by atoms with Crippen LogP contribution in [-0.2, 0) is 9.59 Å². The number of rotatable bonds is 6. The Balaban J connectivity index is 1.38. The van der Waals surface area contributed by atoms with Crippen LogP contribution in [-0.4, -0.2) is 74.4 Å². The van der Waals surface area contributed by atoms with Gasteiger partial charge in [0.05, 0.1) is 25.6 Å². The highest BCUT2D eigenvalue weighted by molar-refractivity contribution is 6.04. The molecule has 2 aromatic rings. The fraction of sp³-hybridized carbons (Fsp3) is 0.375. The molecule has 8 nitrogen and oxygen atoms in total. The smallest absolute Gasteiger partial charge is 0.244 e. The van der Waals surface area contributed by atoms with Gasteiger partial charge in [-0.1, -0.05) is 12.1 Å². The van der Waals surface area contributed by atoms with E-state index in [2.05, 4.69) is 10.0 Å². The first-order valence-electron chi connectivity index (χ1n) is 10.8. The van der Waals surface area contributed by atoms with Gasteiger partial charge < -0.3 is 19.3 Å². The Morgan fingerprint density at radius 1 is 0.938 bits per heavy atom. The van der Waals surface area contributed by atoms with Crippen molar-refractivity contribution in [1.82, 2.24) is 9.91 Å². The molecule has 8 heteroatoms. The van der Waals surface area contributed by atoms with Gasteiger partial charge in [0.25, 0.3) is 0 Å². The van der Waals surface area contributed by atoms with E-state index in [0.29, 0.717) is 39.0 Å². The average Bonchev–Trinajstić information content (AvgIpc) is 2.85. The molecule has 0 unspecified atom stereocenters. The van der Waals surface area contributed by atoms with Crippen LogP contribution in [0.15, 0.2) is 53.6 Å². The molecule has 0 saturated carbocycles. The zero-order valence-electron chi connectivity index (χ0n) is 18.5. The van der Waals surface area contributed by atoms with Crippen LogP contribution in [0.5, 0.6) is 11.5 Å². The molecule has 2 amide bonds. The second-order valence-electron chi connectivity index (χ2n) is 7.77. The predicted octanol–water partition coefficient (Wildman–Crippen LogP) is 2.38. The third-order valence-electron chi connectivity index (χ3n) is 5.87. The summed E-state index contributed by atoms with van der Waals surface area (Å²) in [4.78, 5) is 29.3. The highest BCUT2D eigenvalue weighted by Gasteiger charge is 2.28. The third kappa shape index (κ3) is 4.69. The zero-order chi connectivity index (χ0) is 22.5. The van der Waals surface area contributed by atoms with Gasteiger partial charge in [-0.2, -0.15) is 5.10 Å². The van der Waals surface area contributed by atoms with Gasteiger partial charge in [-0.3, -0.25) is 9.59 Å². The summed E-state index contributed by atoms with van der Waals surface area (Å²) in [7, 11) is 3.28. The molecule has 0 atom stereocenters. The van der Waals surface area contributed by atoms with Crippen molar-refractivity contribution in [3.63, 3.8) is 0 Å². The van der Waals surface area contributed by atoms with Crippen molar-refractivity contribution >= 4 is 23.2 Å². The van der Waals surface area contributed by atoms with Crippen molar-refractivity contribution < 1.29 is 19.1 Å². The van der Waals surface area contributed by atoms with E-state index in [9.17, 15) is 9.59 Å². The monoisotopic (exact) mass is 436 g/mol. The molecule has 1 saturated heterocycles. The molecule has 2 heterocycles.